The summed E-state index contributed by atoms with van der Waals surface area (Å²) in [6, 6.07) is 0. The van der Waals surface area contributed by atoms with Crippen LogP contribution < -0.4 is 0 Å². The molecule has 1 heterocycles. The first-order chi connectivity index (χ1) is 5.74. The van der Waals surface area contributed by atoms with E-state index in [1.807, 2.05) is 6.92 Å². The molecule has 4 nitrogen and oxygen atoms in total. The molecule has 12 heavy (non-hydrogen) atoms. The second-order valence-electron chi connectivity index (χ2n) is 2.70. The first kappa shape index (κ1) is 8.77. The second kappa shape index (κ2) is 3.90. The molecule has 0 fully saturated rings. The molecule has 1 aromatic rings. The van der Waals surface area contributed by atoms with Gasteiger partial charge in [0, 0.05) is 18.9 Å². The predicted molar refractivity (Wildman–Crippen MR) is 43.6 cm³/mol. The van der Waals surface area contributed by atoms with Crippen molar-refractivity contribution in [3.8, 4) is 0 Å². The van der Waals surface area contributed by atoms with Gasteiger partial charge < -0.3 is 9.67 Å². The topological polar surface area (TPSA) is 55.1 Å². The Balaban J connectivity index is 2.54. The van der Waals surface area contributed by atoms with E-state index >= 15 is 0 Å². The van der Waals surface area contributed by atoms with Crippen LogP contribution in [-0.2, 0) is 11.3 Å². The van der Waals surface area contributed by atoms with Crippen molar-refractivity contribution < 1.29 is 9.90 Å². The number of rotatable bonds is 4. The fourth-order valence-electron chi connectivity index (χ4n) is 1.03. The van der Waals surface area contributed by atoms with Crippen LogP contribution in [0.2, 0.25) is 0 Å². The summed E-state index contributed by atoms with van der Waals surface area (Å²) in [6.07, 6.45) is 5.69. The maximum Gasteiger partial charge on any atom is 0.308 e. The lowest BCUT2D eigenvalue weighted by molar-refractivity contribution is -0.142. The Labute approximate surface area is 70.9 Å². The summed E-state index contributed by atoms with van der Waals surface area (Å²) in [5.41, 5.74) is 0. The Kier molecular flexibility index (Phi) is 2.85. The molecule has 0 spiro atoms. The van der Waals surface area contributed by atoms with Gasteiger partial charge in [0.15, 0.2) is 0 Å². The zero-order valence-electron chi connectivity index (χ0n) is 6.97. The molecule has 1 atom stereocenters. The maximum atomic E-state index is 10.6. The van der Waals surface area contributed by atoms with Crippen LogP contribution in [0, 0.1) is 5.92 Å². The van der Waals surface area contributed by atoms with Crippen molar-refractivity contribution in [1.29, 1.82) is 0 Å². The number of hydrogen-bond donors (Lipinski definition) is 1. The molecular weight excluding hydrogens is 156 g/mol. The molecule has 0 saturated heterocycles. The maximum absolute atomic E-state index is 10.6. The van der Waals surface area contributed by atoms with Crippen LogP contribution in [0.15, 0.2) is 18.7 Å². The standard InChI is InChI=1S/C8H12N2O2/c1-2-7(8(11)12)5-10-4-3-9-6-10/h3-4,6-7H,2,5H2,1H3,(H,11,12). The molecule has 1 rings (SSSR count). The van der Waals surface area contributed by atoms with Crippen LogP contribution in [0.1, 0.15) is 13.3 Å². The summed E-state index contributed by atoms with van der Waals surface area (Å²) >= 11 is 0. The zero-order chi connectivity index (χ0) is 8.97. The number of hydrogen-bond acceptors (Lipinski definition) is 2. The first-order valence-electron chi connectivity index (χ1n) is 3.92. The monoisotopic (exact) mass is 168 g/mol. The molecule has 1 N–H and O–H groups in total. The second-order valence-corrected chi connectivity index (χ2v) is 2.70. The van der Waals surface area contributed by atoms with E-state index in [0.717, 1.165) is 0 Å². The highest BCUT2D eigenvalue weighted by molar-refractivity contribution is 5.69. The molecule has 0 aliphatic rings. The van der Waals surface area contributed by atoms with E-state index < -0.39 is 5.97 Å². The van der Waals surface area contributed by atoms with Gasteiger partial charge in [-0.1, -0.05) is 6.92 Å². The molecule has 1 unspecified atom stereocenters. The summed E-state index contributed by atoms with van der Waals surface area (Å²) in [5.74, 6) is -1.05. The number of carboxylic acid groups (broad SMARTS) is 1. The third-order valence-electron chi connectivity index (χ3n) is 1.83. The van der Waals surface area contributed by atoms with Crippen molar-refractivity contribution in [1.82, 2.24) is 9.55 Å². The average molecular weight is 168 g/mol. The quantitative estimate of drug-likeness (QED) is 0.729. The van der Waals surface area contributed by atoms with Crippen molar-refractivity contribution in [2.24, 2.45) is 5.92 Å². The van der Waals surface area contributed by atoms with E-state index in [-0.39, 0.29) is 5.92 Å². The van der Waals surface area contributed by atoms with E-state index in [0.29, 0.717) is 13.0 Å². The third-order valence-corrected chi connectivity index (χ3v) is 1.83. The number of aromatic nitrogens is 2. The van der Waals surface area contributed by atoms with Crippen molar-refractivity contribution in [3.05, 3.63) is 18.7 Å². The Morgan fingerprint density at radius 3 is 2.92 bits per heavy atom. The number of carboxylic acids is 1. The summed E-state index contributed by atoms with van der Waals surface area (Å²) < 4.78 is 1.78. The zero-order valence-corrected chi connectivity index (χ0v) is 6.97. The van der Waals surface area contributed by atoms with Crippen LogP contribution in [-0.4, -0.2) is 20.6 Å². The molecule has 0 aliphatic carbocycles. The number of nitrogens with zero attached hydrogens (tertiary/aromatic N) is 2. The fourth-order valence-corrected chi connectivity index (χ4v) is 1.03. The lowest BCUT2D eigenvalue weighted by atomic mass is 10.1. The molecule has 0 aromatic carbocycles. The molecular formula is C8H12N2O2. The van der Waals surface area contributed by atoms with Crippen LogP contribution >= 0.6 is 0 Å². The van der Waals surface area contributed by atoms with Crippen molar-refractivity contribution in [3.63, 3.8) is 0 Å². The molecule has 0 aliphatic heterocycles. The Morgan fingerprint density at radius 2 is 2.50 bits per heavy atom. The van der Waals surface area contributed by atoms with Gasteiger partial charge in [-0.15, -0.1) is 0 Å². The average Bonchev–Trinajstić information content (AvgIpc) is 2.51. The molecule has 4 heteroatoms. The molecule has 0 amide bonds. The van der Waals surface area contributed by atoms with Crippen LogP contribution in [0.4, 0.5) is 0 Å². The third kappa shape index (κ3) is 2.08. The van der Waals surface area contributed by atoms with Gasteiger partial charge in [-0.05, 0) is 6.42 Å². The van der Waals surface area contributed by atoms with E-state index in [4.69, 9.17) is 5.11 Å². The van der Waals surface area contributed by atoms with Crippen molar-refractivity contribution in [2.75, 3.05) is 0 Å². The summed E-state index contributed by atoms with van der Waals surface area (Å²) in [4.78, 5) is 14.5. The van der Waals surface area contributed by atoms with E-state index in [1.54, 1.807) is 23.3 Å². The molecule has 0 radical (unpaired) electrons. The molecule has 66 valence electrons. The SMILES string of the molecule is CCC(Cn1ccnc1)C(=O)O. The van der Waals surface area contributed by atoms with Crippen LogP contribution in [0.25, 0.3) is 0 Å². The van der Waals surface area contributed by atoms with Crippen molar-refractivity contribution in [2.45, 2.75) is 19.9 Å². The van der Waals surface area contributed by atoms with Gasteiger partial charge in [-0.3, -0.25) is 4.79 Å². The van der Waals surface area contributed by atoms with Crippen LogP contribution in [0.5, 0.6) is 0 Å². The van der Waals surface area contributed by atoms with Gasteiger partial charge in [0.05, 0.1) is 12.2 Å². The lowest BCUT2D eigenvalue weighted by Gasteiger charge is -2.09. The first-order valence-corrected chi connectivity index (χ1v) is 3.92. The minimum Gasteiger partial charge on any atom is -0.481 e. The lowest BCUT2D eigenvalue weighted by Crippen LogP contribution is -2.18. The van der Waals surface area contributed by atoms with Crippen molar-refractivity contribution >= 4 is 5.97 Å². The molecule has 1 aromatic heterocycles. The van der Waals surface area contributed by atoms with E-state index in [9.17, 15) is 4.79 Å². The Morgan fingerprint density at radius 1 is 1.75 bits per heavy atom. The largest absolute Gasteiger partial charge is 0.481 e. The normalized spacial score (nSPS) is 12.8. The van der Waals surface area contributed by atoms with Gasteiger partial charge in [0.2, 0.25) is 0 Å². The summed E-state index contributed by atoms with van der Waals surface area (Å²) in [7, 11) is 0. The van der Waals surface area contributed by atoms with Crippen LogP contribution in [0.3, 0.4) is 0 Å². The van der Waals surface area contributed by atoms with E-state index in [2.05, 4.69) is 4.98 Å². The highest BCUT2D eigenvalue weighted by Crippen LogP contribution is 2.05. The summed E-state index contributed by atoms with van der Waals surface area (Å²) in [6.45, 7) is 2.38. The number of aliphatic carboxylic acids is 1. The van der Waals surface area contributed by atoms with Gasteiger partial charge in [0.1, 0.15) is 0 Å². The number of imidazole rings is 1. The van der Waals surface area contributed by atoms with Gasteiger partial charge in [-0.2, -0.15) is 0 Å². The minimum absolute atomic E-state index is 0.306. The molecule has 0 saturated carbocycles. The predicted octanol–water partition coefficient (Wildman–Crippen LogP) is 0.994. The Hall–Kier alpha value is -1.32. The molecule has 0 bridgehead atoms. The smallest absolute Gasteiger partial charge is 0.308 e. The number of carbonyl (C=O) groups is 1. The highest BCUT2D eigenvalue weighted by Gasteiger charge is 2.14. The summed E-state index contributed by atoms with van der Waals surface area (Å²) in [5, 5.41) is 8.74. The van der Waals surface area contributed by atoms with Gasteiger partial charge in [-0.25, -0.2) is 4.98 Å². The van der Waals surface area contributed by atoms with E-state index in [1.165, 1.54) is 0 Å². The van der Waals surface area contributed by atoms with Gasteiger partial charge >= 0.3 is 5.97 Å². The fraction of sp³-hybridized carbons (Fsp3) is 0.500. The minimum atomic E-state index is -0.744. The van der Waals surface area contributed by atoms with Gasteiger partial charge in [0.25, 0.3) is 0 Å². The highest BCUT2D eigenvalue weighted by atomic mass is 16.4. The Bertz CT molecular complexity index is 244.